The van der Waals surface area contributed by atoms with E-state index in [4.69, 9.17) is 10.00 Å². The lowest BCUT2D eigenvalue weighted by molar-refractivity contribution is -0.133. The van der Waals surface area contributed by atoms with Gasteiger partial charge in [-0.1, -0.05) is 13.8 Å². The Bertz CT molecular complexity index is 303. The number of carbonyl (C=O) groups excluding carboxylic acids is 1. The topological polar surface area (TPSA) is 62.1 Å². The summed E-state index contributed by atoms with van der Waals surface area (Å²) >= 11 is 0. The molecule has 0 aromatic heterocycles. The monoisotopic (exact) mass is 238 g/mol. The Hall–Kier alpha value is -1.08. The van der Waals surface area contributed by atoms with Crippen molar-refractivity contribution in [2.75, 3.05) is 13.2 Å². The molecule has 4 heteroatoms. The number of amides is 1. The summed E-state index contributed by atoms with van der Waals surface area (Å²) in [5, 5.41) is 12.1. The molecule has 96 valence electrons. The maximum atomic E-state index is 12.1. The summed E-state index contributed by atoms with van der Waals surface area (Å²) in [5.41, 5.74) is -0.765. The average molecular weight is 238 g/mol. The van der Waals surface area contributed by atoms with Gasteiger partial charge in [0.05, 0.1) is 18.7 Å². The van der Waals surface area contributed by atoms with Crippen LogP contribution in [0.4, 0.5) is 0 Å². The Labute approximate surface area is 103 Å². The minimum Gasteiger partial charge on any atom is -0.380 e. The molecule has 0 aromatic carbocycles. The van der Waals surface area contributed by atoms with Crippen molar-refractivity contribution in [3.8, 4) is 6.07 Å². The van der Waals surface area contributed by atoms with Crippen LogP contribution in [0.1, 0.15) is 40.0 Å². The zero-order chi connectivity index (χ0) is 12.9. The molecule has 1 aliphatic rings. The normalized spacial score (nSPS) is 19.2. The zero-order valence-electron chi connectivity index (χ0n) is 11.0. The minimum absolute atomic E-state index is 0.00623. The molecule has 0 aliphatic heterocycles. The molecule has 0 aromatic rings. The summed E-state index contributed by atoms with van der Waals surface area (Å²) in [6, 6.07) is 2.16. The van der Waals surface area contributed by atoms with E-state index in [0.29, 0.717) is 32.0 Å². The van der Waals surface area contributed by atoms with Crippen LogP contribution in [0.15, 0.2) is 0 Å². The van der Waals surface area contributed by atoms with Crippen LogP contribution in [0.2, 0.25) is 0 Å². The Kier molecular flexibility index (Phi) is 4.95. The predicted octanol–water partition coefficient (Wildman–Crippen LogP) is 1.86. The standard InChI is InChI=1S/C13H22N2O2/c1-4-17-8-11(10(2)3)15-12(16)13(9-14)6-5-7-13/h10-11H,4-8H2,1-3H3,(H,15,16). The molecule has 1 N–H and O–H groups in total. The van der Waals surface area contributed by atoms with Gasteiger partial charge in [0.2, 0.25) is 5.91 Å². The molecule has 1 aliphatic carbocycles. The van der Waals surface area contributed by atoms with Crippen LogP contribution < -0.4 is 5.32 Å². The van der Waals surface area contributed by atoms with Gasteiger partial charge in [-0.15, -0.1) is 0 Å². The smallest absolute Gasteiger partial charge is 0.240 e. The molecule has 0 bridgehead atoms. The molecule has 1 saturated carbocycles. The van der Waals surface area contributed by atoms with Crippen molar-refractivity contribution < 1.29 is 9.53 Å². The van der Waals surface area contributed by atoms with Crippen LogP contribution in [0, 0.1) is 22.7 Å². The second kappa shape index (κ2) is 6.02. The third kappa shape index (κ3) is 3.19. The van der Waals surface area contributed by atoms with Gasteiger partial charge >= 0.3 is 0 Å². The summed E-state index contributed by atoms with van der Waals surface area (Å²) in [6.07, 6.45) is 2.35. The molecule has 1 unspecified atom stereocenters. The summed E-state index contributed by atoms with van der Waals surface area (Å²) in [5.74, 6) is 0.186. The second-order valence-electron chi connectivity index (χ2n) is 5.03. The van der Waals surface area contributed by atoms with Gasteiger partial charge in [-0.05, 0) is 32.1 Å². The van der Waals surface area contributed by atoms with Crippen LogP contribution in [0.3, 0.4) is 0 Å². The summed E-state index contributed by atoms with van der Waals surface area (Å²) < 4.78 is 5.36. The number of rotatable bonds is 6. The zero-order valence-corrected chi connectivity index (χ0v) is 11.0. The highest BCUT2D eigenvalue weighted by Crippen LogP contribution is 2.40. The van der Waals surface area contributed by atoms with Crippen molar-refractivity contribution in [3.63, 3.8) is 0 Å². The lowest BCUT2D eigenvalue weighted by Crippen LogP contribution is -2.51. The van der Waals surface area contributed by atoms with E-state index in [1.165, 1.54) is 0 Å². The van der Waals surface area contributed by atoms with Crippen molar-refractivity contribution in [2.45, 2.75) is 46.1 Å². The fourth-order valence-electron chi connectivity index (χ4n) is 1.87. The quantitative estimate of drug-likeness (QED) is 0.768. The maximum Gasteiger partial charge on any atom is 0.240 e. The number of hydrogen-bond acceptors (Lipinski definition) is 3. The maximum absolute atomic E-state index is 12.1. The largest absolute Gasteiger partial charge is 0.380 e. The van der Waals surface area contributed by atoms with Crippen molar-refractivity contribution in [1.82, 2.24) is 5.32 Å². The molecule has 4 nitrogen and oxygen atoms in total. The lowest BCUT2D eigenvalue weighted by atomic mass is 9.69. The molecule has 0 heterocycles. The van der Waals surface area contributed by atoms with E-state index in [2.05, 4.69) is 11.4 Å². The molecular weight excluding hydrogens is 216 g/mol. The van der Waals surface area contributed by atoms with Crippen molar-refractivity contribution in [2.24, 2.45) is 11.3 Å². The first-order valence-corrected chi connectivity index (χ1v) is 6.35. The van der Waals surface area contributed by atoms with Crippen molar-refractivity contribution in [1.29, 1.82) is 5.26 Å². The third-order valence-electron chi connectivity index (χ3n) is 3.48. The fourth-order valence-corrected chi connectivity index (χ4v) is 1.87. The Morgan fingerprint density at radius 2 is 2.18 bits per heavy atom. The number of nitriles is 1. The summed E-state index contributed by atoms with van der Waals surface area (Å²) in [6.45, 7) is 7.18. The highest BCUT2D eigenvalue weighted by molar-refractivity contribution is 5.86. The van der Waals surface area contributed by atoms with Gasteiger partial charge in [0, 0.05) is 6.61 Å². The van der Waals surface area contributed by atoms with E-state index in [1.54, 1.807) is 0 Å². The number of nitrogens with one attached hydrogen (secondary N) is 1. The van der Waals surface area contributed by atoms with Gasteiger partial charge in [0.1, 0.15) is 5.41 Å². The van der Waals surface area contributed by atoms with Crippen molar-refractivity contribution in [3.05, 3.63) is 0 Å². The second-order valence-corrected chi connectivity index (χ2v) is 5.03. The number of hydrogen-bond donors (Lipinski definition) is 1. The van der Waals surface area contributed by atoms with Crippen LogP contribution >= 0.6 is 0 Å². The summed E-state index contributed by atoms with van der Waals surface area (Å²) in [7, 11) is 0. The van der Waals surface area contributed by atoms with Gasteiger partial charge in [-0.3, -0.25) is 4.79 Å². The highest BCUT2D eigenvalue weighted by atomic mass is 16.5. The molecule has 0 radical (unpaired) electrons. The van der Waals surface area contributed by atoms with Crippen LogP contribution in [-0.2, 0) is 9.53 Å². The molecule has 1 fully saturated rings. The fraction of sp³-hybridized carbons (Fsp3) is 0.846. The number of ether oxygens (including phenoxy) is 1. The lowest BCUT2D eigenvalue weighted by Gasteiger charge is -2.35. The van der Waals surface area contributed by atoms with Gasteiger partial charge in [-0.2, -0.15) is 5.26 Å². The first-order chi connectivity index (χ1) is 8.05. The predicted molar refractivity (Wildman–Crippen MR) is 65.2 cm³/mol. The first-order valence-electron chi connectivity index (χ1n) is 6.35. The molecule has 1 rings (SSSR count). The Morgan fingerprint density at radius 1 is 1.53 bits per heavy atom. The molecule has 1 amide bonds. The van der Waals surface area contributed by atoms with E-state index in [1.807, 2.05) is 20.8 Å². The number of nitrogens with zero attached hydrogens (tertiary/aromatic N) is 1. The highest BCUT2D eigenvalue weighted by Gasteiger charge is 2.45. The summed E-state index contributed by atoms with van der Waals surface area (Å²) in [4.78, 5) is 12.1. The van der Waals surface area contributed by atoms with E-state index in [0.717, 1.165) is 6.42 Å². The van der Waals surface area contributed by atoms with Gasteiger partial charge in [0.15, 0.2) is 0 Å². The van der Waals surface area contributed by atoms with Crippen LogP contribution in [0.25, 0.3) is 0 Å². The molecule has 0 saturated heterocycles. The molecule has 1 atom stereocenters. The third-order valence-corrected chi connectivity index (χ3v) is 3.48. The first kappa shape index (κ1) is 14.0. The van der Waals surface area contributed by atoms with E-state index in [-0.39, 0.29) is 11.9 Å². The minimum atomic E-state index is -0.765. The van der Waals surface area contributed by atoms with E-state index >= 15 is 0 Å². The molecule has 17 heavy (non-hydrogen) atoms. The Balaban J connectivity index is 2.55. The van der Waals surface area contributed by atoms with Crippen molar-refractivity contribution >= 4 is 5.91 Å². The van der Waals surface area contributed by atoms with Crippen LogP contribution in [-0.4, -0.2) is 25.2 Å². The van der Waals surface area contributed by atoms with E-state index < -0.39 is 5.41 Å². The van der Waals surface area contributed by atoms with Crippen LogP contribution in [0.5, 0.6) is 0 Å². The number of carbonyl (C=O) groups is 1. The van der Waals surface area contributed by atoms with Gasteiger partial charge in [0.25, 0.3) is 0 Å². The van der Waals surface area contributed by atoms with E-state index in [9.17, 15) is 4.79 Å². The molecule has 0 spiro atoms. The van der Waals surface area contributed by atoms with Gasteiger partial charge < -0.3 is 10.1 Å². The average Bonchev–Trinajstić information content (AvgIpc) is 2.23. The SMILES string of the molecule is CCOCC(NC(=O)C1(C#N)CCC1)C(C)C. The molecular formula is C13H22N2O2. The Morgan fingerprint density at radius 3 is 2.53 bits per heavy atom. The van der Waals surface area contributed by atoms with Gasteiger partial charge in [-0.25, -0.2) is 0 Å².